The molecule has 1 saturated carbocycles. The van der Waals surface area contributed by atoms with Crippen LogP contribution in [0, 0.1) is 5.41 Å². The third kappa shape index (κ3) is 3.00. The third-order valence-electron chi connectivity index (χ3n) is 4.44. The van der Waals surface area contributed by atoms with Gasteiger partial charge in [0.05, 0.1) is 0 Å². The Morgan fingerprint density at radius 1 is 1.29 bits per heavy atom. The molecule has 2 aliphatic rings. The van der Waals surface area contributed by atoms with Gasteiger partial charge in [-0.15, -0.1) is 0 Å². The van der Waals surface area contributed by atoms with Gasteiger partial charge < -0.3 is 15.3 Å². The van der Waals surface area contributed by atoms with Gasteiger partial charge >= 0.3 is 12.1 Å². The van der Waals surface area contributed by atoms with Crippen molar-refractivity contribution >= 4 is 11.9 Å². The minimum absolute atomic E-state index is 0.108. The molecule has 2 fully saturated rings. The van der Waals surface area contributed by atoms with E-state index < -0.39 is 42.6 Å². The van der Waals surface area contributed by atoms with Crippen molar-refractivity contribution in [3.8, 4) is 0 Å². The van der Waals surface area contributed by atoms with Crippen molar-refractivity contribution in [1.82, 2.24) is 10.2 Å². The summed E-state index contributed by atoms with van der Waals surface area (Å²) >= 11 is 0. The molecular formula is C13H19F3N2O3. The summed E-state index contributed by atoms with van der Waals surface area (Å²) in [5.41, 5.74) is -2.48. The Bertz CT molecular complexity index is 413. The van der Waals surface area contributed by atoms with E-state index in [4.69, 9.17) is 5.11 Å². The van der Waals surface area contributed by atoms with Gasteiger partial charge in [-0.3, -0.25) is 9.59 Å². The number of nitrogens with one attached hydrogen (secondary N) is 1. The first-order chi connectivity index (χ1) is 9.78. The summed E-state index contributed by atoms with van der Waals surface area (Å²) in [4.78, 5) is 24.4. The second-order valence-corrected chi connectivity index (χ2v) is 5.77. The molecule has 0 bridgehead atoms. The van der Waals surface area contributed by atoms with E-state index in [2.05, 4.69) is 5.32 Å². The number of halogens is 3. The lowest BCUT2D eigenvalue weighted by molar-refractivity contribution is -0.223. The summed E-state index contributed by atoms with van der Waals surface area (Å²) in [6.45, 7) is -1.03. The van der Waals surface area contributed by atoms with Crippen LogP contribution in [0.15, 0.2) is 0 Å². The summed E-state index contributed by atoms with van der Waals surface area (Å²) in [7, 11) is 0. The fourth-order valence-electron chi connectivity index (χ4n) is 3.24. The highest BCUT2D eigenvalue weighted by Crippen LogP contribution is 2.45. The number of aliphatic carboxylic acids is 1. The topological polar surface area (TPSA) is 69.6 Å². The van der Waals surface area contributed by atoms with E-state index in [1.54, 1.807) is 0 Å². The normalized spacial score (nSPS) is 27.0. The number of hydrogen-bond acceptors (Lipinski definition) is 3. The summed E-state index contributed by atoms with van der Waals surface area (Å²) in [5, 5.41) is 11.5. The van der Waals surface area contributed by atoms with Gasteiger partial charge in [-0.25, -0.2) is 0 Å². The van der Waals surface area contributed by atoms with Gasteiger partial charge in [-0.2, -0.15) is 13.2 Å². The van der Waals surface area contributed by atoms with Crippen LogP contribution in [0.25, 0.3) is 0 Å². The molecule has 1 amide bonds. The number of hydrogen-bond donors (Lipinski definition) is 2. The van der Waals surface area contributed by atoms with Crippen LogP contribution in [0.3, 0.4) is 0 Å². The van der Waals surface area contributed by atoms with Gasteiger partial charge in [-0.05, 0) is 25.8 Å². The average molecular weight is 308 g/mol. The van der Waals surface area contributed by atoms with Crippen molar-refractivity contribution < 1.29 is 27.9 Å². The summed E-state index contributed by atoms with van der Waals surface area (Å²) < 4.78 is 40.2. The molecule has 2 N–H and O–H groups in total. The maximum absolute atomic E-state index is 13.4. The quantitative estimate of drug-likeness (QED) is 0.823. The van der Waals surface area contributed by atoms with E-state index in [-0.39, 0.29) is 13.0 Å². The molecule has 1 heterocycles. The standard InChI is InChI=1S/C13H19F3N2O3/c14-13(15,16)12(5-6-17-8-12)11(21)18(7-10(19)20)9-3-1-2-4-9/h9,17H,1-8H2,(H,19,20). The van der Waals surface area contributed by atoms with Crippen LogP contribution in [0.5, 0.6) is 0 Å². The number of carbonyl (C=O) groups excluding carboxylic acids is 1. The molecule has 1 atom stereocenters. The van der Waals surface area contributed by atoms with Crippen molar-refractivity contribution in [2.24, 2.45) is 5.41 Å². The monoisotopic (exact) mass is 308 g/mol. The van der Waals surface area contributed by atoms with Gasteiger partial charge in [0.25, 0.3) is 0 Å². The van der Waals surface area contributed by atoms with Gasteiger partial charge in [-0.1, -0.05) is 12.8 Å². The van der Waals surface area contributed by atoms with Gasteiger partial charge in [0.15, 0.2) is 5.41 Å². The molecule has 21 heavy (non-hydrogen) atoms. The first-order valence-electron chi connectivity index (χ1n) is 7.08. The Hall–Kier alpha value is -1.31. The smallest absolute Gasteiger partial charge is 0.404 e. The zero-order chi connectivity index (χ0) is 15.7. The molecule has 2 rings (SSSR count). The fourth-order valence-corrected chi connectivity index (χ4v) is 3.24. The number of carboxylic acid groups (broad SMARTS) is 1. The molecule has 1 unspecified atom stereocenters. The van der Waals surface area contributed by atoms with Gasteiger partial charge in [0, 0.05) is 12.6 Å². The van der Waals surface area contributed by atoms with Crippen molar-refractivity contribution in [2.75, 3.05) is 19.6 Å². The second-order valence-electron chi connectivity index (χ2n) is 5.77. The van der Waals surface area contributed by atoms with Crippen LogP contribution in [-0.4, -0.2) is 53.7 Å². The van der Waals surface area contributed by atoms with Crippen LogP contribution < -0.4 is 5.32 Å². The highest BCUT2D eigenvalue weighted by Gasteiger charge is 2.63. The van der Waals surface area contributed by atoms with Crippen molar-refractivity contribution in [3.63, 3.8) is 0 Å². The predicted octanol–water partition coefficient (Wildman–Crippen LogP) is 1.38. The zero-order valence-electron chi connectivity index (χ0n) is 11.6. The molecule has 1 saturated heterocycles. The number of nitrogens with zero attached hydrogens (tertiary/aromatic N) is 1. The van der Waals surface area contributed by atoms with Crippen LogP contribution in [0.2, 0.25) is 0 Å². The molecule has 0 aromatic rings. The number of carbonyl (C=O) groups is 2. The molecular weight excluding hydrogens is 289 g/mol. The SMILES string of the molecule is O=C(O)CN(C(=O)C1(C(F)(F)F)CCNC1)C1CCCC1. The molecule has 1 aliphatic heterocycles. The zero-order valence-corrected chi connectivity index (χ0v) is 11.6. The van der Waals surface area contributed by atoms with E-state index in [0.29, 0.717) is 12.8 Å². The van der Waals surface area contributed by atoms with E-state index in [0.717, 1.165) is 17.7 Å². The number of alkyl halides is 3. The van der Waals surface area contributed by atoms with E-state index in [1.165, 1.54) is 0 Å². The number of rotatable bonds is 4. The van der Waals surface area contributed by atoms with Crippen molar-refractivity contribution in [2.45, 2.75) is 44.3 Å². The highest BCUT2D eigenvalue weighted by molar-refractivity contribution is 5.87. The Kier molecular flexibility index (Phi) is 4.46. The van der Waals surface area contributed by atoms with E-state index >= 15 is 0 Å². The minimum atomic E-state index is -4.68. The molecule has 0 aromatic carbocycles. The average Bonchev–Trinajstić information content (AvgIpc) is 3.05. The highest BCUT2D eigenvalue weighted by atomic mass is 19.4. The Labute approximate surface area is 120 Å². The van der Waals surface area contributed by atoms with Crippen LogP contribution in [0.4, 0.5) is 13.2 Å². The summed E-state index contributed by atoms with van der Waals surface area (Å²) in [6.07, 6.45) is -2.25. The van der Waals surface area contributed by atoms with Crippen LogP contribution in [-0.2, 0) is 9.59 Å². The first kappa shape index (κ1) is 16.1. The Balaban J connectivity index is 2.28. The molecule has 120 valence electrons. The molecule has 1 aliphatic carbocycles. The maximum atomic E-state index is 13.4. The number of carboxylic acids is 1. The third-order valence-corrected chi connectivity index (χ3v) is 4.44. The summed E-state index contributed by atoms with van der Waals surface area (Å²) in [6, 6.07) is -0.395. The van der Waals surface area contributed by atoms with Crippen LogP contribution in [0.1, 0.15) is 32.1 Å². The Morgan fingerprint density at radius 3 is 2.33 bits per heavy atom. The fraction of sp³-hybridized carbons (Fsp3) is 0.846. The second kappa shape index (κ2) is 5.82. The molecule has 0 aromatic heterocycles. The van der Waals surface area contributed by atoms with E-state index in [9.17, 15) is 22.8 Å². The summed E-state index contributed by atoms with van der Waals surface area (Å²) in [5.74, 6) is -2.37. The van der Waals surface area contributed by atoms with Crippen LogP contribution >= 0.6 is 0 Å². The lowest BCUT2D eigenvalue weighted by atomic mass is 9.84. The van der Waals surface area contributed by atoms with Gasteiger partial charge in [0.2, 0.25) is 5.91 Å². The predicted molar refractivity (Wildman–Crippen MR) is 67.6 cm³/mol. The lowest BCUT2D eigenvalue weighted by Gasteiger charge is -2.37. The molecule has 0 radical (unpaired) electrons. The molecule has 8 heteroatoms. The maximum Gasteiger partial charge on any atom is 0.404 e. The van der Waals surface area contributed by atoms with Crippen molar-refractivity contribution in [1.29, 1.82) is 0 Å². The first-order valence-corrected chi connectivity index (χ1v) is 7.08. The molecule has 5 nitrogen and oxygen atoms in total. The van der Waals surface area contributed by atoms with Gasteiger partial charge in [0.1, 0.15) is 6.54 Å². The number of amides is 1. The van der Waals surface area contributed by atoms with Crippen molar-refractivity contribution in [3.05, 3.63) is 0 Å². The lowest BCUT2D eigenvalue weighted by Crippen LogP contribution is -2.56. The largest absolute Gasteiger partial charge is 0.480 e. The molecule has 0 spiro atoms. The van der Waals surface area contributed by atoms with E-state index in [1.807, 2.05) is 0 Å². The Morgan fingerprint density at radius 2 is 1.90 bits per heavy atom. The minimum Gasteiger partial charge on any atom is -0.480 e.